The Morgan fingerprint density at radius 3 is 2.94 bits per heavy atom. The molecule has 0 radical (unpaired) electrons. The highest BCUT2D eigenvalue weighted by Gasteiger charge is 2.21. The zero-order valence-corrected chi connectivity index (χ0v) is 11.0. The summed E-state index contributed by atoms with van der Waals surface area (Å²) < 4.78 is 0. The third-order valence-corrected chi connectivity index (χ3v) is 3.37. The molecular formula is C13H19ClN2O. The Hall–Kier alpha value is -0.770. The molecule has 1 fully saturated rings. The van der Waals surface area contributed by atoms with Crippen LogP contribution in [0.2, 0.25) is 5.02 Å². The summed E-state index contributed by atoms with van der Waals surface area (Å²) in [7, 11) is 0. The summed E-state index contributed by atoms with van der Waals surface area (Å²) in [5.41, 5.74) is 2.31. The van der Waals surface area contributed by atoms with Crippen molar-refractivity contribution in [2.75, 3.05) is 24.5 Å². The van der Waals surface area contributed by atoms with Crippen LogP contribution in [0, 0.1) is 6.92 Å². The van der Waals surface area contributed by atoms with Gasteiger partial charge in [-0.1, -0.05) is 17.7 Å². The largest absolute Gasteiger partial charge is 0.390 e. The van der Waals surface area contributed by atoms with Crippen LogP contribution in [0.1, 0.15) is 12.5 Å². The number of aryl methyl sites for hydroxylation is 1. The van der Waals surface area contributed by atoms with Crippen LogP contribution in [0.3, 0.4) is 0 Å². The van der Waals surface area contributed by atoms with Gasteiger partial charge in [0.2, 0.25) is 0 Å². The van der Waals surface area contributed by atoms with Crippen LogP contribution in [0.15, 0.2) is 18.2 Å². The number of rotatable bonds is 1. The lowest BCUT2D eigenvalue weighted by atomic mass is 10.1. The zero-order valence-electron chi connectivity index (χ0n) is 10.3. The summed E-state index contributed by atoms with van der Waals surface area (Å²) in [5.74, 6) is 0. The van der Waals surface area contributed by atoms with E-state index in [1.54, 1.807) is 0 Å². The number of nitrogens with zero attached hydrogens (tertiary/aromatic N) is 1. The third-order valence-electron chi connectivity index (χ3n) is 3.14. The Morgan fingerprint density at radius 2 is 2.18 bits per heavy atom. The van der Waals surface area contributed by atoms with Crippen molar-refractivity contribution >= 4 is 17.3 Å². The molecule has 1 aliphatic rings. The molecule has 17 heavy (non-hydrogen) atoms. The van der Waals surface area contributed by atoms with Gasteiger partial charge in [0.15, 0.2) is 0 Å². The molecule has 0 amide bonds. The van der Waals surface area contributed by atoms with Gasteiger partial charge in [-0.15, -0.1) is 0 Å². The van der Waals surface area contributed by atoms with E-state index < -0.39 is 0 Å². The van der Waals surface area contributed by atoms with Crippen LogP contribution in [0.25, 0.3) is 0 Å². The maximum atomic E-state index is 9.86. The molecule has 94 valence electrons. The van der Waals surface area contributed by atoms with Crippen LogP contribution in [0.4, 0.5) is 5.69 Å². The van der Waals surface area contributed by atoms with Crippen molar-refractivity contribution in [3.63, 3.8) is 0 Å². The smallest absolute Gasteiger partial charge is 0.0839 e. The lowest BCUT2D eigenvalue weighted by molar-refractivity contribution is 0.183. The molecule has 2 N–H and O–H groups in total. The maximum absolute atomic E-state index is 9.86. The summed E-state index contributed by atoms with van der Waals surface area (Å²) in [6.45, 7) is 6.39. The summed E-state index contributed by atoms with van der Waals surface area (Å²) in [5, 5.41) is 13.9. The number of benzene rings is 1. The Kier molecular flexibility index (Phi) is 3.92. The highest BCUT2D eigenvalue weighted by atomic mass is 35.5. The van der Waals surface area contributed by atoms with Gasteiger partial charge in [0.25, 0.3) is 0 Å². The molecule has 1 saturated heterocycles. The van der Waals surface area contributed by atoms with E-state index in [-0.39, 0.29) is 6.10 Å². The highest BCUT2D eigenvalue weighted by molar-refractivity contribution is 6.30. The lowest BCUT2D eigenvalue weighted by Crippen LogP contribution is -2.35. The minimum absolute atomic E-state index is 0.335. The van der Waals surface area contributed by atoms with Crippen LogP contribution in [-0.2, 0) is 0 Å². The van der Waals surface area contributed by atoms with Crippen LogP contribution >= 0.6 is 11.6 Å². The molecule has 0 spiro atoms. The number of aliphatic hydroxyl groups is 1. The molecule has 0 bridgehead atoms. The average molecular weight is 255 g/mol. The van der Waals surface area contributed by atoms with Gasteiger partial charge < -0.3 is 15.3 Å². The SMILES string of the molecule is Cc1ccc(Cl)cc1N1CC(O)CNC(C)C1. The van der Waals surface area contributed by atoms with Crippen molar-refractivity contribution in [2.45, 2.75) is 26.0 Å². The highest BCUT2D eigenvalue weighted by Crippen LogP contribution is 2.25. The third kappa shape index (κ3) is 3.12. The molecule has 0 aliphatic carbocycles. The van der Waals surface area contributed by atoms with E-state index >= 15 is 0 Å². The molecular weight excluding hydrogens is 236 g/mol. The Morgan fingerprint density at radius 1 is 1.41 bits per heavy atom. The van der Waals surface area contributed by atoms with Gasteiger partial charge in [-0.05, 0) is 31.5 Å². The molecule has 0 aromatic heterocycles. The summed E-state index contributed by atoms with van der Waals surface area (Å²) in [6, 6.07) is 6.26. The Balaban J connectivity index is 2.27. The summed E-state index contributed by atoms with van der Waals surface area (Å²) in [4.78, 5) is 2.20. The zero-order chi connectivity index (χ0) is 12.4. The first-order chi connectivity index (χ1) is 8.06. The molecule has 4 heteroatoms. The van der Waals surface area contributed by atoms with E-state index in [0.717, 1.165) is 17.3 Å². The molecule has 2 rings (SSSR count). The Labute approximate surface area is 107 Å². The normalized spacial score (nSPS) is 25.8. The quantitative estimate of drug-likeness (QED) is 0.802. The van der Waals surface area contributed by atoms with Gasteiger partial charge in [-0.3, -0.25) is 0 Å². The Bertz CT molecular complexity index is 385. The van der Waals surface area contributed by atoms with E-state index in [1.165, 1.54) is 5.56 Å². The molecule has 1 aromatic carbocycles. The van der Waals surface area contributed by atoms with Gasteiger partial charge in [0.05, 0.1) is 6.10 Å². The van der Waals surface area contributed by atoms with E-state index in [1.807, 2.05) is 18.2 Å². The van der Waals surface area contributed by atoms with Gasteiger partial charge in [0.1, 0.15) is 0 Å². The topological polar surface area (TPSA) is 35.5 Å². The van der Waals surface area contributed by atoms with Gasteiger partial charge in [0, 0.05) is 36.4 Å². The molecule has 1 aromatic rings. The number of aliphatic hydroxyl groups excluding tert-OH is 1. The first-order valence-electron chi connectivity index (χ1n) is 5.99. The van der Waals surface area contributed by atoms with E-state index in [0.29, 0.717) is 19.1 Å². The first-order valence-corrected chi connectivity index (χ1v) is 6.36. The first kappa shape index (κ1) is 12.7. The second kappa shape index (κ2) is 5.25. The second-order valence-corrected chi connectivity index (χ2v) is 5.24. The van der Waals surface area contributed by atoms with E-state index in [9.17, 15) is 5.11 Å². The summed E-state index contributed by atoms with van der Waals surface area (Å²) in [6.07, 6.45) is -0.335. The molecule has 0 saturated carbocycles. The predicted molar refractivity (Wildman–Crippen MR) is 71.9 cm³/mol. The van der Waals surface area contributed by atoms with Crippen molar-refractivity contribution in [2.24, 2.45) is 0 Å². The maximum Gasteiger partial charge on any atom is 0.0839 e. The average Bonchev–Trinajstić information content (AvgIpc) is 2.44. The fourth-order valence-electron chi connectivity index (χ4n) is 2.25. The van der Waals surface area contributed by atoms with Crippen LogP contribution in [-0.4, -0.2) is 36.9 Å². The number of β-amino-alcohol motifs (C(OH)–C–C–N with tert-alkyl or cyclic N) is 1. The lowest BCUT2D eigenvalue weighted by Gasteiger charge is -2.27. The number of nitrogens with one attached hydrogen (secondary N) is 1. The van der Waals surface area contributed by atoms with Crippen molar-refractivity contribution < 1.29 is 5.11 Å². The van der Waals surface area contributed by atoms with Crippen molar-refractivity contribution in [3.8, 4) is 0 Å². The molecule has 1 heterocycles. The fraction of sp³-hybridized carbons (Fsp3) is 0.538. The van der Waals surface area contributed by atoms with Gasteiger partial charge in [-0.25, -0.2) is 0 Å². The molecule has 2 unspecified atom stereocenters. The molecule has 1 aliphatic heterocycles. The minimum atomic E-state index is -0.335. The van der Waals surface area contributed by atoms with E-state index in [4.69, 9.17) is 11.6 Å². The second-order valence-electron chi connectivity index (χ2n) is 4.80. The van der Waals surface area contributed by atoms with Crippen molar-refractivity contribution in [1.82, 2.24) is 5.32 Å². The van der Waals surface area contributed by atoms with E-state index in [2.05, 4.69) is 24.1 Å². The molecule has 2 atom stereocenters. The number of halogens is 1. The van der Waals surface area contributed by atoms with Crippen molar-refractivity contribution in [1.29, 1.82) is 0 Å². The molecule has 3 nitrogen and oxygen atoms in total. The van der Waals surface area contributed by atoms with Crippen molar-refractivity contribution in [3.05, 3.63) is 28.8 Å². The number of anilines is 1. The minimum Gasteiger partial charge on any atom is -0.390 e. The monoisotopic (exact) mass is 254 g/mol. The predicted octanol–water partition coefficient (Wildman–Crippen LogP) is 1.81. The van der Waals surface area contributed by atoms with Gasteiger partial charge >= 0.3 is 0 Å². The standard InChI is InChI=1S/C13H19ClN2O/c1-9-3-4-11(14)5-13(9)16-7-10(2)15-6-12(17)8-16/h3-5,10,12,15,17H,6-8H2,1-2H3. The van der Waals surface area contributed by atoms with Gasteiger partial charge in [-0.2, -0.15) is 0 Å². The fourth-order valence-corrected chi connectivity index (χ4v) is 2.41. The number of hydrogen-bond donors (Lipinski definition) is 2. The van der Waals surface area contributed by atoms with Crippen LogP contribution < -0.4 is 10.2 Å². The van der Waals surface area contributed by atoms with Crippen LogP contribution in [0.5, 0.6) is 0 Å². The number of hydrogen-bond acceptors (Lipinski definition) is 3. The summed E-state index contributed by atoms with van der Waals surface area (Å²) >= 11 is 6.04.